The second-order valence-corrected chi connectivity index (χ2v) is 5.94. The Bertz CT molecular complexity index is 277. The lowest BCUT2D eigenvalue weighted by atomic mass is 9.73. The van der Waals surface area contributed by atoms with Gasteiger partial charge in [0.15, 0.2) is 0 Å². The van der Waals surface area contributed by atoms with Gasteiger partial charge >= 0.3 is 5.97 Å². The fourth-order valence-electron chi connectivity index (χ4n) is 2.83. The van der Waals surface area contributed by atoms with Crippen LogP contribution >= 0.6 is 0 Å². The van der Waals surface area contributed by atoms with E-state index in [1.807, 2.05) is 0 Å². The first-order chi connectivity index (χ1) is 9.00. The number of hydrogen-bond donors (Lipinski definition) is 0. The van der Waals surface area contributed by atoms with Crippen LogP contribution in [0.15, 0.2) is 0 Å². The molecule has 4 heteroatoms. The van der Waals surface area contributed by atoms with Crippen LogP contribution < -0.4 is 0 Å². The van der Waals surface area contributed by atoms with Crippen LogP contribution in [-0.4, -0.2) is 38.5 Å². The Labute approximate surface area is 116 Å². The summed E-state index contributed by atoms with van der Waals surface area (Å²) in [6.07, 6.45) is 4.31. The van der Waals surface area contributed by atoms with E-state index in [4.69, 9.17) is 14.2 Å². The predicted octanol–water partition coefficient (Wildman–Crippen LogP) is 2.80. The normalized spacial score (nSPS) is 27.5. The molecule has 1 fully saturated rings. The van der Waals surface area contributed by atoms with Crippen molar-refractivity contribution in [3.8, 4) is 0 Å². The number of methoxy groups -OCH3 is 1. The summed E-state index contributed by atoms with van der Waals surface area (Å²) in [7, 11) is 1.61. The summed E-state index contributed by atoms with van der Waals surface area (Å²) in [4.78, 5) is 11.9. The summed E-state index contributed by atoms with van der Waals surface area (Å²) >= 11 is 0. The molecule has 19 heavy (non-hydrogen) atoms. The largest absolute Gasteiger partial charge is 0.457 e. The van der Waals surface area contributed by atoms with E-state index in [1.165, 1.54) is 6.42 Å². The molecule has 0 bridgehead atoms. The molecule has 1 saturated carbocycles. The minimum absolute atomic E-state index is 0.0201. The monoisotopic (exact) mass is 272 g/mol. The Morgan fingerprint density at radius 1 is 1.37 bits per heavy atom. The van der Waals surface area contributed by atoms with Gasteiger partial charge in [-0.1, -0.05) is 27.2 Å². The molecule has 1 rings (SSSR count). The average Bonchev–Trinajstić information content (AvgIpc) is 2.34. The number of carbonyl (C=O) groups is 1. The van der Waals surface area contributed by atoms with Crippen molar-refractivity contribution in [2.75, 3.05) is 26.9 Å². The van der Waals surface area contributed by atoms with Crippen LogP contribution in [0.25, 0.3) is 0 Å². The highest BCUT2D eigenvalue weighted by Crippen LogP contribution is 2.40. The van der Waals surface area contributed by atoms with Crippen molar-refractivity contribution in [3.05, 3.63) is 0 Å². The Morgan fingerprint density at radius 2 is 2.11 bits per heavy atom. The molecule has 0 unspecified atom stereocenters. The van der Waals surface area contributed by atoms with Gasteiger partial charge in [-0.05, 0) is 31.1 Å². The molecule has 112 valence electrons. The topological polar surface area (TPSA) is 44.8 Å². The van der Waals surface area contributed by atoms with Crippen LogP contribution in [0.2, 0.25) is 0 Å². The van der Waals surface area contributed by atoms with E-state index in [9.17, 15) is 4.79 Å². The first-order valence-corrected chi connectivity index (χ1v) is 7.28. The van der Waals surface area contributed by atoms with Gasteiger partial charge in [-0.15, -0.1) is 0 Å². The van der Waals surface area contributed by atoms with Crippen molar-refractivity contribution in [1.82, 2.24) is 0 Å². The van der Waals surface area contributed by atoms with Crippen molar-refractivity contribution in [2.45, 2.75) is 52.1 Å². The van der Waals surface area contributed by atoms with Crippen molar-refractivity contribution in [3.63, 3.8) is 0 Å². The number of ether oxygens (including phenoxy) is 3. The highest BCUT2D eigenvalue weighted by molar-refractivity contribution is 5.71. The maximum Gasteiger partial charge on any atom is 0.332 e. The van der Waals surface area contributed by atoms with Gasteiger partial charge in [0, 0.05) is 7.11 Å². The van der Waals surface area contributed by atoms with E-state index in [2.05, 4.69) is 20.8 Å². The molecule has 0 amide bonds. The van der Waals surface area contributed by atoms with E-state index < -0.39 is 0 Å². The van der Waals surface area contributed by atoms with Crippen molar-refractivity contribution < 1.29 is 19.0 Å². The van der Waals surface area contributed by atoms with Gasteiger partial charge in [0.1, 0.15) is 12.2 Å². The third-order valence-corrected chi connectivity index (χ3v) is 4.01. The molecule has 1 aliphatic rings. The highest BCUT2D eigenvalue weighted by Gasteiger charge is 2.41. The number of esters is 1. The van der Waals surface area contributed by atoms with Gasteiger partial charge < -0.3 is 14.2 Å². The maximum absolute atomic E-state index is 11.9. The molecule has 2 atom stereocenters. The van der Waals surface area contributed by atoms with E-state index in [-0.39, 0.29) is 18.2 Å². The Balaban J connectivity index is 2.46. The van der Waals surface area contributed by atoms with Crippen LogP contribution in [-0.2, 0) is 19.0 Å². The van der Waals surface area contributed by atoms with Crippen LogP contribution in [0.3, 0.4) is 0 Å². The highest BCUT2D eigenvalue weighted by atomic mass is 16.6. The van der Waals surface area contributed by atoms with Gasteiger partial charge in [0.25, 0.3) is 0 Å². The van der Waals surface area contributed by atoms with Gasteiger partial charge in [-0.3, -0.25) is 0 Å². The number of rotatable bonds is 7. The summed E-state index contributed by atoms with van der Waals surface area (Å²) in [6, 6.07) is 0. The van der Waals surface area contributed by atoms with Crippen molar-refractivity contribution in [1.29, 1.82) is 0 Å². The minimum atomic E-state index is -0.292. The lowest BCUT2D eigenvalue weighted by Gasteiger charge is -2.42. The second kappa shape index (κ2) is 7.85. The number of hydrogen-bond acceptors (Lipinski definition) is 4. The van der Waals surface area contributed by atoms with Gasteiger partial charge in [-0.25, -0.2) is 4.79 Å². The first kappa shape index (κ1) is 16.4. The van der Waals surface area contributed by atoms with Crippen LogP contribution in [0.5, 0.6) is 0 Å². The minimum Gasteiger partial charge on any atom is -0.457 e. The molecule has 0 radical (unpaired) electrons. The molecule has 0 aromatic rings. The van der Waals surface area contributed by atoms with Crippen molar-refractivity contribution >= 4 is 5.97 Å². The van der Waals surface area contributed by atoms with Gasteiger partial charge in [-0.2, -0.15) is 0 Å². The smallest absolute Gasteiger partial charge is 0.332 e. The first-order valence-electron chi connectivity index (χ1n) is 7.28. The Kier molecular flexibility index (Phi) is 6.80. The zero-order chi connectivity index (χ0) is 14.3. The Hall–Kier alpha value is -0.610. The summed E-state index contributed by atoms with van der Waals surface area (Å²) in [6.45, 7) is 7.45. The average molecular weight is 272 g/mol. The van der Waals surface area contributed by atoms with Crippen LogP contribution in [0, 0.1) is 11.8 Å². The molecule has 0 spiro atoms. The molecule has 4 nitrogen and oxygen atoms in total. The lowest BCUT2D eigenvalue weighted by Crippen LogP contribution is -2.45. The quantitative estimate of drug-likeness (QED) is 0.528. The molecule has 0 aromatic carbocycles. The predicted molar refractivity (Wildman–Crippen MR) is 74.0 cm³/mol. The fourth-order valence-corrected chi connectivity index (χ4v) is 2.83. The number of carbonyl (C=O) groups excluding carboxylic acids is 1. The summed E-state index contributed by atoms with van der Waals surface area (Å²) in [5, 5.41) is 0. The third-order valence-electron chi connectivity index (χ3n) is 4.01. The van der Waals surface area contributed by atoms with Crippen LogP contribution in [0.1, 0.15) is 46.5 Å². The molecule has 1 aliphatic carbocycles. The molecule has 0 aliphatic heterocycles. The maximum atomic E-state index is 11.9. The lowest BCUT2D eigenvalue weighted by molar-refractivity contribution is -0.177. The fraction of sp³-hybridized carbons (Fsp3) is 0.933. The molecular formula is C15H28O4. The zero-order valence-corrected chi connectivity index (χ0v) is 12.7. The van der Waals surface area contributed by atoms with E-state index in [0.717, 1.165) is 19.3 Å². The van der Waals surface area contributed by atoms with Gasteiger partial charge in [0.2, 0.25) is 0 Å². The molecule has 0 aromatic heterocycles. The molecule has 0 heterocycles. The standard InChI is InChI=1S/C15H28O4/c1-12(2)15(7-5-6-13(3)10-15)19-14(16)11-18-9-8-17-4/h12-13H,5-11H2,1-4H3/t13-,15-/m1/s1. The SMILES string of the molecule is COCCOCC(=O)O[C@]1(C(C)C)CCC[C@@H](C)C1. The molecule has 0 saturated heterocycles. The second-order valence-electron chi connectivity index (χ2n) is 5.94. The van der Waals surface area contributed by atoms with Crippen molar-refractivity contribution in [2.24, 2.45) is 11.8 Å². The molecule has 0 N–H and O–H groups in total. The van der Waals surface area contributed by atoms with E-state index >= 15 is 0 Å². The Morgan fingerprint density at radius 3 is 2.68 bits per heavy atom. The van der Waals surface area contributed by atoms with E-state index in [0.29, 0.717) is 25.0 Å². The van der Waals surface area contributed by atoms with Gasteiger partial charge in [0.05, 0.1) is 13.2 Å². The third kappa shape index (κ3) is 5.11. The summed E-state index contributed by atoms with van der Waals surface area (Å²) in [5.74, 6) is 0.718. The zero-order valence-electron chi connectivity index (χ0n) is 12.7. The summed E-state index contributed by atoms with van der Waals surface area (Å²) in [5.41, 5.74) is -0.292. The molecular weight excluding hydrogens is 244 g/mol. The van der Waals surface area contributed by atoms with E-state index in [1.54, 1.807) is 7.11 Å². The summed E-state index contributed by atoms with van der Waals surface area (Å²) < 4.78 is 15.9. The van der Waals surface area contributed by atoms with Crippen LogP contribution in [0.4, 0.5) is 0 Å².